The molecule has 2 fully saturated rings. The first-order chi connectivity index (χ1) is 6.74. The lowest BCUT2D eigenvalue weighted by atomic mass is 9.80. The molecule has 0 amide bonds. The Balaban J connectivity index is 2.06. The fourth-order valence-electron chi connectivity index (χ4n) is 3.30. The van der Waals surface area contributed by atoms with Gasteiger partial charge in [-0.25, -0.2) is 0 Å². The second kappa shape index (κ2) is 4.17. The first-order valence-corrected chi connectivity index (χ1v) is 5.82. The predicted molar refractivity (Wildman–Crippen MR) is 59.4 cm³/mol. The number of likely N-dealkylation sites (tertiary alicyclic amines) is 2. The highest BCUT2D eigenvalue weighted by Gasteiger charge is 2.39. The standard InChI is InChI=1S/C11H23N3/c1-4-14-7-9-5-13(3)6-10(8-14)11(9)12-2/h9-12H,4-8H2,1-3H3. The van der Waals surface area contributed by atoms with Gasteiger partial charge in [0.15, 0.2) is 0 Å². The van der Waals surface area contributed by atoms with Gasteiger partial charge in [0, 0.05) is 32.2 Å². The quantitative estimate of drug-likeness (QED) is 0.677. The summed E-state index contributed by atoms with van der Waals surface area (Å²) in [6, 6.07) is 0.758. The van der Waals surface area contributed by atoms with E-state index in [1.54, 1.807) is 0 Å². The average molecular weight is 197 g/mol. The molecular formula is C11H23N3. The van der Waals surface area contributed by atoms with Crippen molar-refractivity contribution in [2.75, 3.05) is 46.8 Å². The van der Waals surface area contributed by atoms with Crippen LogP contribution in [0.1, 0.15) is 6.92 Å². The summed E-state index contributed by atoms with van der Waals surface area (Å²) < 4.78 is 0. The molecule has 1 N–H and O–H groups in total. The van der Waals surface area contributed by atoms with Gasteiger partial charge in [-0.05, 0) is 32.5 Å². The normalized spacial score (nSPS) is 40.1. The predicted octanol–water partition coefficient (Wildman–Crippen LogP) is 0.0877. The number of piperidine rings is 2. The summed E-state index contributed by atoms with van der Waals surface area (Å²) in [6.45, 7) is 8.58. The number of fused-ring (bicyclic) bond motifs is 2. The summed E-state index contributed by atoms with van der Waals surface area (Å²) in [5, 5.41) is 3.52. The molecule has 0 radical (unpaired) electrons. The van der Waals surface area contributed by atoms with Crippen molar-refractivity contribution in [2.24, 2.45) is 11.8 Å². The first-order valence-electron chi connectivity index (χ1n) is 5.82. The number of rotatable bonds is 2. The summed E-state index contributed by atoms with van der Waals surface area (Å²) in [6.07, 6.45) is 0. The van der Waals surface area contributed by atoms with Crippen LogP contribution in [0, 0.1) is 11.8 Å². The van der Waals surface area contributed by atoms with Crippen LogP contribution in [0.4, 0.5) is 0 Å². The molecule has 2 rings (SSSR count). The molecule has 2 saturated heterocycles. The fourth-order valence-corrected chi connectivity index (χ4v) is 3.30. The lowest BCUT2D eigenvalue weighted by molar-refractivity contribution is 0.0148. The van der Waals surface area contributed by atoms with Crippen LogP contribution < -0.4 is 5.32 Å². The van der Waals surface area contributed by atoms with Gasteiger partial charge in [0.2, 0.25) is 0 Å². The molecule has 0 aromatic rings. The molecule has 2 unspecified atom stereocenters. The van der Waals surface area contributed by atoms with Crippen LogP contribution in [0.5, 0.6) is 0 Å². The van der Waals surface area contributed by atoms with Crippen molar-refractivity contribution in [1.29, 1.82) is 0 Å². The minimum Gasteiger partial charge on any atom is -0.316 e. The zero-order valence-corrected chi connectivity index (χ0v) is 9.66. The van der Waals surface area contributed by atoms with Crippen LogP contribution in [-0.2, 0) is 0 Å². The summed E-state index contributed by atoms with van der Waals surface area (Å²) in [7, 11) is 4.38. The van der Waals surface area contributed by atoms with Crippen molar-refractivity contribution >= 4 is 0 Å². The largest absolute Gasteiger partial charge is 0.316 e. The van der Waals surface area contributed by atoms with Crippen molar-refractivity contribution in [3.63, 3.8) is 0 Å². The van der Waals surface area contributed by atoms with Gasteiger partial charge >= 0.3 is 0 Å². The molecule has 3 heteroatoms. The van der Waals surface area contributed by atoms with Crippen molar-refractivity contribution < 1.29 is 0 Å². The van der Waals surface area contributed by atoms with E-state index in [9.17, 15) is 0 Å². The Morgan fingerprint density at radius 2 is 1.71 bits per heavy atom. The molecule has 0 aliphatic carbocycles. The first kappa shape index (κ1) is 10.4. The maximum absolute atomic E-state index is 3.52. The molecule has 14 heavy (non-hydrogen) atoms. The third-order valence-electron chi connectivity index (χ3n) is 3.87. The second-order valence-corrected chi connectivity index (χ2v) is 4.91. The molecule has 2 heterocycles. The molecule has 0 aromatic heterocycles. The molecule has 2 aliphatic heterocycles. The molecule has 3 nitrogen and oxygen atoms in total. The third-order valence-corrected chi connectivity index (χ3v) is 3.87. The Hall–Kier alpha value is -0.120. The van der Waals surface area contributed by atoms with Crippen LogP contribution in [0.2, 0.25) is 0 Å². The molecular weight excluding hydrogens is 174 g/mol. The summed E-state index contributed by atoms with van der Waals surface area (Å²) in [4.78, 5) is 5.10. The smallest absolute Gasteiger partial charge is 0.0169 e. The minimum absolute atomic E-state index is 0.758. The minimum atomic E-state index is 0.758. The highest BCUT2D eigenvalue weighted by Crippen LogP contribution is 2.27. The zero-order valence-electron chi connectivity index (χ0n) is 9.66. The van der Waals surface area contributed by atoms with Gasteiger partial charge in [-0.2, -0.15) is 0 Å². The van der Waals surface area contributed by atoms with Gasteiger partial charge in [0.05, 0.1) is 0 Å². The summed E-state index contributed by atoms with van der Waals surface area (Å²) in [5.41, 5.74) is 0. The molecule has 0 saturated carbocycles. The lowest BCUT2D eigenvalue weighted by Gasteiger charge is -2.50. The number of hydrogen-bond donors (Lipinski definition) is 1. The molecule has 2 bridgehead atoms. The van der Waals surface area contributed by atoms with E-state index in [2.05, 4.69) is 36.1 Å². The van der Waals surface area contributed by atoms with Crippen LogP contribution in [-0.4, -0.2) is 62.7 Å². The Morgan fingerprint density at radius 3 is 2.14 bits per heavy atom. The van der Waals surface area contributed by atoms with Gasteiger partial charge in [-0.1, -0.05) is 6.92 Å². The van der Waals surface area contributed by atoms with Gasteiger partial charge in [-0.3, -0.25) is 0 Å². The monoisotopic (exact) mass is 197 g/mol. The molecule has 2 aliphatic rings. The van der Waals surface area contributed by atoms with Crippen LogP contribution in [0.15, 0.2) is 0 Å². The van der Waals surface area contributed by atoms with E-state index in [4.69, 9.17) is 0 Å². The highest BCUT2D eigenvalue weighted by molar-refractivity contribution is 4.96. The van der Waals surface area contributed by atoms with Crippen LogP contribution >= 0.6 is 0 Å². The van der Waals surface area contributed by atoms with Gasteiger partial charge in [0.25, 0.3) is 0 Å². The maximum Gasteiger partial charge on any atom is 0.0169 e. The molecule has 82 valence electrons. The lowest BCUT2D eigenvalue weighted by Crippen LogP contribution is -2.62. The average Bonchev–Trinajstić information content (AvgIpc) is 2.15. The van der Waals surface area contributed by atoms with Gasteiger partial charge in [0.1, 0.15) is 0 Å². The van der Waals surface area contributed by atoms with Crippen molar-refractivity contribution in [1.82, 2.24) is 15.1 Å². The van der Waals surface area contributed by atoms with Crippen LogP contribution in [0.3, 0.4) is 0 Å². The Morgan fingerprint density at radius 1 is 1.14 bits per heavy atom. The Kier molecular flexibility index (Phi) is 3.10. The molecule has 0 aromatic carbocycles. The maximum atomic E-state index is 3.52. The molecule has 2 atom stereocenters. The Labute approximate surface area is 87.4 Å². The highest BCUT2D eigenvalue weighted by atomic mass is 15.2. The third kappa shape index (κ3) is 1.81. The van der Waals surface area contributed by atoms with E-state index in [1.807, 2.05) is 0 Å². The zero-order chi connectivity index (χ0) is 10.1. The summed E-state index contributed by atoms with van der Waals surface area (Å²) in [5.74, 6) is 1.66. The fraction of sp³-hybridized carbons (Fsp3) is 1.00. The van der Waals surface area contributed by atoms with Crippen molar-refractivity contribution in [3.8, 4) is 0 Å². The van der Waals surface area contributed by atoms with Crippen molar-refractivity contribution in [2.45, 2.75) is 13.0 Å². The van der Waals surface area contributed by atoms with E-state index in [-0.39, 0.29) is 0 Å². The van der Waals surface area contributed by atoms with E-state index in [0.29, 0.717) is 0 Å². The SMILES string of the molecule is CCN1CC2CN(C)CC(C1)C2NC. The van der Waals surface area contributed by atoms with E-state index < -0.39 is 0 Å². The topological polar surface area (TPSA) is 18.5 Å². The summed E-state index contributed by atoms with van der Waals surface area (Å²) >= 11 is 0. The Bertz CT molecular complexity index is 179. The molecule has 0 spiro atoms. The van der Waals surface area contributed by atoms with Gasteiger partial charge in [-0.15, -0.1) is 0 Å². The number of nitrogens with zero attached hydrogens (tertiary/aromatic N) is 2. The van der Waals surface area contributed by atoms with Gasteiger partial charge < -0.3 is 15.1 Å². The van der Waals surface area contributed by atoms with Crippen molar-refractivity contribution in [3.05, 3.63) is 0 Å². The van der Waals surface area contributed by atoms with E-state index in [1.165, 1.54) is 32.7 Å². The van der Waals surface area contributed by atoms with Crippen LogP contribution in [0.25, 0.3) is 0 Å². The number of nitrogens with one attached hydrogen (secondary N) is 1. The van der Waals surface area contributed by atoms with E-state index >= 15 is 0 Å². The van der Waals surface area contributed by atoms with E-state index in [0.717, 1.165) is 17.9 Å². The number of hydrogen-bond acceptors (Lipinski definition) is 3. The second-order valence-electron chi connectivity index (χ2n) is 4.91.